The standard InChI is InChI=1S/C17H21ClN2O/c1-12-9-13(11-19-17(2,3)4)10-16(20-12)21-15-7-5-14(18)6-8-15/h5-10,19H,11H2,1-4H3. The monoisotopic (exact) mass is 304 g/mol. The van der Waals surface area contributed by atoms with Gasteiger partial charge in [0.15, 0.2) is 0 Å². The minimum atomic E-state index is 0.0778. The molecule has 0 aliphatic rings. The zero-order chi connectivity index (χ0) is 15.5. The maximum absolute atomic E-state index is 5.87. The molecule has 21 heavy (non-hydrogen) atoms. The van der Waals surface area contributed by atoms with Gasteiger partial charge < -0.3 is 10.1 Å². The van der Waals surface area contributed by atoms with Gasteiger partial charge in [-0.1, -0.05) is 11.6 Å². The molecule has 0 spiro atoms. The second-order valence-corrected chi connectivity index (χ2v) is 6.55. The van der Waals surface area contributed by atoms with Crippen LogP contribution in [0.4, 0.5) is 0 Å². The fourth-order valence-electron chi connectivity index (χ4n) is 1.85. The molecule has 1 heterocycles. The third-order valence-corrected chi connectivity index (χ3v) is 3.10. The van der Waals surface area contributed by atoms with Gasteiger partial charge in [-0.3, -0.25) is 0 Å². The molecule has 112 valence electrons. The number of hydrogen-bond acceptors (Lipinski definition) is 3. The van der Waals surface area contributed by atoms with E-state index in [0.29, 0.717) is 10.9 Å². The average molecular weight is 305 g/mol. The van der Waals surface area contributed by atoms with Gasteiger partial charge in [0, 0.05) is 28.9 Å². The lowest BCUT2D eigenvalue weighted by atomic mass is 10.1. The summed E-state index contributed by atoms with van der Waals surface area (Å²) in [5.74, 6) is 1.33. The van der Waals surface area contributed by atoms with Crippen molar-refractivity contribution in [1.29, 1.82) is 0 Å². The van der Waals surface area contributed by atoms with Crippen molar-refractivity contribution in [3.63, 3.8) is 0 Å². The zero-order valence-electron chi connectivity index (χ0n) is 12.9. The molecule has 0 radical (unpaired) electrons. The molecule has 1 aromatic heterocycles. The minimum Gasteiger partial charge on any atom is -0.439 e. The van der Waals surface area contributed by atoms with Gasteiger partial charge >= 0.3 is 0 Å². The summed E-state index contributed by atoms with van der Waals surface area (Å²) in [6, 6.07) is 11.3. The van der Waals surface area contributed by atoms with E-state index in [1.54, 1.807) is 12.1 Å². The minimum absolute atomic E-state index is 0.0778. The Morgan fingerprint density at radius 1 is 1.14 bits per heavy atom. The molecule has 0 aliphatic carbocycles. The number of pyridine rings is 1. The Morgan fingerprint density at radius 2 is 1.81 bits per heavy atom. The lowest BCUT2D eigenvalue weighted by molar-refractivity contribution is 0.421. The fourth-order valence-corrected chi connectivity index (χ4v) is 1.98. The zero-order valence-corrected chi connectivity index (χ0v) is 13.7. The van der Waals surface area contributed by atoms with Crippen LogP contribution in [-0.4, -0.2) is 10.5 Å². The first kappa shape index (κ1) is 15.8. The molecular weight excluding hydrogens is 284 g/mol. The van der Waals surface area contributed by atoms with Gasteiger partial charge in [0.2, 0.25) is 5.88 Å². The van der Waals surface area contributed by atoms with Crippen LogP contribution in [0.1, 0.15) is 32.0 Å². The topological polar surface area (TPSA) is 34.1 Å². The highest BCUT2D eigenvalue weighted by Crippen LogP contribution is 2.23. The third-order valence-electron chi connectivity index (χ3n) is 2.85. The van der Waals surface area contributed by atoms with Crippen molar-refractivity contribution < 1.29 is 4.74 Å². The Kier molecular flexibility index (Phi) is 4.86. The predicted octanol–water partition coefficient (Wildman–Crippen LogP) is 4.72. The molecule has 2 aromatic rings. The van der Waals surface area contributed by atoms with E-state index in [4.69, 9.17) is 16.3 Å². The van der Waals surface area contributed by atoms with Gasteiger partial charge in [-0.15, -0.1) is 0 Å². The number of ether oxygens (including phenoxy) is 1. The van der Waals surface area contributed by atoms with E-state index >= 15 is 0 Å². The number of aromatic nitrogens is 1. The molecule has 0 aliphatic heterocycles. The van der Waals surface area contributed by atoms with E-state index in [1.165, 1.54) is 0 Å². The first-order chi connectivity index (χ1) is 9.82. The third kappa shape index (κ3) is 5.37. The smallest absolute Gasteiger partial charge is 0.219 e. The lowest BCUT2D eigenvalue weighted by Gasteiger charge is -2.20. The Morgan fingerprint density at radius 3 is 2.43 bits per heavy atom. The Labute approximate surface area is 131 Å². The summed E-state index contributed by atoms with van der Waals surface area (Å²) < 4.78 is 5.79. The molecule has 2 rings (SSSR count). The highest BCUT2D eigenvalue weighted by Gasteiger charge is 2.10. The number of benzene rings is 1. The molecule has 1 aromatic carbocycles. The van der Waals surface area contributed by atoms with Gasteiger partial charge in [0.25, 0.3) is 0 Å². The number of rotatable bonds is 4. The summed E-state index contributed by atoms with van der Waals surface area (Å²) in [5, 5.41) is 4.15. The van der Waals surface area contributed by atoms with Crippen molar-refractivity contribution in [2.24, 2.45) is 0 Å². The van der Waals surface area contributed by atoms with Crippen LogP contribution in [0.25, 0.3) is 0 Å². The van der Waals surface area contributed by atoms with E-state index in [-0.39, 0.29) is 5.54 Å². The molecule has 4 heteroatoms. The maximum Gasteiger partial charge on any atom is 0.219 e. The second-order valence-electron chi connectivity index (χ2n) is 6.11. The molecule has 0 saturated heterocycles. The Bertz CT molecular complexity index is 603. The van der Waals surface area contributed by atoms with E-state index in [2.05, 4.69) is 37.1 Å². The van der Waals surface area contributed by atoms with Crippen molar-refractivity contribution in [2.75, 3.05) is 0 Å². The van der Waals surface area contributed by atoms with Crippen molar-refractivity contribution in [3.05, 3.63) is 52.7 Å². The van der Waals surface area contributed by atoms with E-state index in [9.17, 15) is 0 Å². The van der Waals surface area contributed by atoms with Gasteiger partial charge in [0.1, 0.15) is 5.75 Å². The SMILES string of the molecule is Cc1cc(CNC(C)(C)C)cc(Oc2ccc(Cl)cc2)n1. The predicted molar refractivity (Wildman–Crippen MR) is 87.1 cm³/mol. The van der Waals surface area contributed by atoms with Crippen LogP contribution in [0.2, 0.25) is 5.02 Å². The van der Waals surface area contributed by atoms with Crippen LogP contribution in [0.5, 0.6) is 11.6 Å². The van der Waals surface area contributed by atoms with Crippen molar-refractivity contribution in [2.45, 2.75) is 39.8 Å². The van der Waals surface area contributed by atoms with Crippen molar-refractivity contribution in [1.82, 2.24) is 10.3 Å². The normalized spacial score (nSPS) is 11.5. The molecule has 0 unspecified atom stereocenters. The average Bonchev–Trinajstić information content (AvgIpc) is 2.38. The highest BCUT2D eigenvalue weighted by atomic mass is 35.5. The highest BCUT2D eigenvalue weighted by molar-refractivity contribution is 6.30. The van der Waals surface area contributed by atoms with Crippen LogP contribution in [0, 0.1) is 6.92 Å². The molecule has 0 bridgehead atoms. The number of halogens is 1. The van der Waals surface area contributed by atoms with Crippen LogP contribution >= 0.6 is 11.6 Å². The molecule has 3 nitrogen and oxygen atoms in total. The number of hydrogen-bond donors (Lipinski definition) is 1. The first-order valence-corrected chi connectivity index (χ1v) is 7.36. The molecule has 1 N–H and O–H groups in total. The summed E-state index contributed by atoms with van der Waals surface area (Å²) in [4.78, 5) is 4.41. The van der Waals surface area contributed by atoms with Crippen LogP contribution in [0.3, 0.4) is 0 Å². The Hall–Kier alpha value is -1.58. The summed E-state index contributed by atoms with van der Waals surface area (Å²) >= 11 is 5.87. The lowest BCUT2D eigenvalue weighted by Crippen LogP contribution is -2.35. The van der Waals surface area contributed by atoms with E-state index in [1.807, 2.05) is 25.1 Å². The number of nitrogens with one attached hydrogen (secondary N) is 1. The maximum atomic E-state index is 5.87. The summed E-state index contributed by atoms with van der Waals surface area (Å²) in [6.07, 6.45) is 0. The van der Waals surface area contributed by atoms with Crippen molar-refractivity contribution in [3.8, 4) is 11.6 Å². The van der Waals surface area contributed by atoms with Crippen molar-refractivity contribution >= 4 is 11.6 Å². The first-order valence-electron chi connectivity index (χ1n) is 6.98. The molecular formula is C17H21ClN2O. The summed E-state index contributed by atoms with van der Waals surface area (Å²) in [6.45, 7) is 9.18. The van der Waals surface area contributed by atoms with Gasteiger partial charge in [-0.25, -0.2) is 4.98 Å². The molecule has 0 atom stereocenters. The van der Waals surface area contributed by atoms with E-state index in [0.717, 1.165) is 23.6 Å². The van der Waals surface area contributed by atoms with Crippen LogP contribution in [-0.2, 0) is 6.54 Å². The van der Waals surface area contributed by atoms with Gasteiger partial charge in [-0.05, 0) is 63.6 Å². The molecule has 0 amide bonds. The second kappa shape index (κ2) is 6.46. The fraction of sp³-hybridized carbons (Fsp3) is 0.353. The van der Waals surface area contributed by atoms with Gasteiger partial charge in [-0.2, -0.15) is 0 Å². The van der Waals surface area contributed by atoms with E-state index < -0.39 is 0 Å². The quantitative estimate of drug-likeness (QED) is 0.887. The van der Waals surface area contributed by atoms with Gasteiger partial charge in [0.05, 0.1) is 0 Å². The van der Waals surface area contributed by atoms with Crippen LogP contribution in [0.15, 0.2) is 36.4 Å². The Balaban J connectivity index is 2.13. The largest absolute Gasteiger partial charge is 0.439 e. The number of aryl methyl sites for hydroxylation is 1. The molecule has 0 fully saturated rings. The number of nitrogens with zero attached hydrogens (tertiary/aromatic N) is 1. The summed E-state index contributed by atoms with van der Waals surface area (Å²) in [7, 11) is 0. The molecule has 0 saturated carbocycles. The van der Waals surface area contributed by atoms with Crippen LogP contribution < -0.4 is 10.1 Å². The summed E-state index contributed by atoms with van der Waals surface area (Å²) in [5.41, 5.74) is 2.17.